The molecule has 4 nitrogen and oxygen atoms in total. The van der Waals surface area contributed by atoms with Crippen molar-refractivity contribution in [2.24, 2.45) is 0 Å². The van der Waals surface area contributed by atoms with Gasteiger partial charge >= 0.3 is 5.97 Å². The summed E-state index contributed by atoms with van der Waals surface area (Å²) in [5.74, 6) is 5.66. The molecule has 2 N–H and O–H groups in total. The van der Waals surface area contributed by atoms with E-state index in [4.69, 9.17) is 4.74 Å². The fourth-order valence-corrected chi connectivity index (χ4v) is 3.47. The molecule has 27 heavy (non-hydrogen) atoms. The zero-order valence-corrected chi connectivity index (χ0v) is 15.6. The monoisotopic (exact) mass is 363 g/mol. The molecule has 1 aliphatic carbocycles. The van der Waals surface area contributed by atoms with E-state index in [1.807, 2.05) is 24.3 Å². The number of nitrogens with one attached hydrogen (secondary N) is 1. The molecule has 3 rings (SSSR count). The first-order valence-corrected chi connectivity index (χ1v) is 9.32. The van der Waals surface area contributed by atoms with Gasteiger partial charge < -0.3 is 15.2 Å². The first-order chi connectivity index (χ1) is 13.1. The molecule has 0 unspecified atom stereocenters. The average Bonchev–Trinajstić information content (AvgIpc) is 2.72. The summed E-state index contributed by atoms with van der Waals surface area (Å²) in [7, 11) is 1.35. The molecule has 2 atom stereocenters. The summed E-state index contributed by atoms with van der Waals surface area (Å²) < 4.78 is 4.82. The molecule has 1 saturated carbocycles. The predicted molar refractivity (Wildman–Crippen MR) is 105 cm³/mol. The van der Waals surface area contributed by atoms with E-state index >= 15 is 0 Å². The molecule has 0 radical (unpaired) electrons. The number of rotatable bonds is 4. The molecule has 4 heteroatoms. The van der Waals surface area contributed by atoms with Crippen LogP contribution in [-0.2, 0) is 11.3 Å². The van der Waals surface area contributed by atoms with Gasteiger partial charge in [0.2, 0.25) is 0 Å². The lowest BCUT2D eigenvalue weighted by molar-refractivity contribution is 0.0253. The third-order valence-electron chi connectivity index (χ3n) is 5.02. The van der Waals surface area contributed by atoms with Crippen LogP contribution in [0.5, 0.6) is 0 Å². The second kappa shape index (κ2) is 8.85. The van der Waals surface area contributed by atoms with Crippen molar-refractivity contribution in [3.05, 3.63) is 71.3 Å². The van der Waals surface area contributed by atoms with Crippen LogP contribution < -0.4 is 5.32 Å². The Morgan fingerprint density at radius 1 is 1.19 bits per heavy atom. The highest BCUT2D eigenvalue weighted by Crippen LogP contribution is 2.28. The number of methoxy groups -OCH3 is 1. The minimum atomic E-state index is -1.11. The third kappa shape index (κ3) is 4.77. The van der Waals surface area contributed by atoms with E-state index in [0.29, 0.717) is 24.1 Å². The second-order valence-electron chi connectivity index (χ2n) is 6.88. The molecule has 0 bridgehead atoms. The molecule has 2 aromatic carbocycles. The van der Waals surface area contributed by atoms with E-state index in [1.165, 1.54) is 12.7 Å². The van der Waals surface area contributed by atoms with Gasteiger partial charge in [0.05, 0.1) is 12.7 Å². The highest BCUT2D eigenvalue weighted by Gasteiger charge is 2.37. The van der Waals surface area contributed by atoms with Crippen molar-refractivity contribution in [1.29, 1.82) is 0 Å². The van der Waals surface area contributed by atoms with Gasteiger partial charge in [0.1, 0.15) is 5.60 Å². The molecule has 0 heterocycles. The van der Waals surface area contributed by atoms with Gasteiger partial charge in [-0.1, -0.05) is 60.7 Å². The Balaban J connectivity index is 1.79. The van der Waals surface area contributed by atoms with E-state index in [0.717, 1.165) is 19.3 Å². The van der Waals surface area contributed by atoms with Crippen LogP contribution in [0.3, 0.4) is 0 Å². The Morgan fingerprint density at radius 3 is 2.70 bits per heavy atom. The zero-order chi connectivity index (χ0) is 19.1. The first kappa shape index (κ1) is 19.2. The van der Waals surface area contributed by atoms with Gasteiger partial charge in [-0.05, 0) is 37.0 Å². The molecular weight excluding hydrogens is 338 g/mol. The molecule has 1 fully saturated rings. The number of hydrogen-bond acceptors (Lipinski definition) is 4. The quantitative estimate of drug-likeness (QED) is 0.646. The van der Waals surface area contributed by atoms with Crippen LogP contribution in [0.25, 0.3) is 0 Å². The lowest BCUT2D eigenvalue weighted by atomic mass is 9.80. The lowest BCUT2D eigenvalue weighted by Crippen LogP contribution is -2.51. The largest absolute Gasteiger partial charge is 0.465 e. The minimum Gasteiger partial charge on any atom is -0.465 e. The number of hydrogen-bond donors (Lipinski definition) is 2. The number of ether oxygens (including phenoxy) is 1. The summed E-state index contributed by atoms with van der Waals surface area (Å²) in [4.78, 5) is 11.9. The number of carbonyl (C=O) groups is 1. The lowest BCUT2D eigenvalue weighted by Gasteiger charge is -2.36. The van der Waals surface area contributed by atoms with Gasteiger partial charge in [-0.15, -0.1) is 0 Å². The van der Waals surface area contributed by atoms with Crippen LogP contribution in [0.1, 0.15) is 47.2 Å². The van der Waals surface area contributed by atoms with E-state index in [1.54, 1.807) is 18.2 Å². The van der Waals surface area contributed by atoms with E-state index in [-0.39, 0.29) is 6.04 Å². The molecule has 0 saturated heterocycles. The van der Waals surface area contributed by atoms with E-state index < -0.39 is 11.6 Å². The van der Waals surface area contributed by atoms with Crippen LogP contribution >= 0.6 is 0 Å². The number of benzene rings is 2. The van der Waals surface area contributed by atoms with Crippen molar-refractivity contribution < 1.29 is 14.6 Å². The number of aliphatic hydroxyl groups is 1. The summed E-state index contributed by atoms with van der Waals surface area (Å²) in [6, 6.07) is 17.1. The van der Waals surface area contributed by atoms with Crippen molar-refractivity contribution in [3.63, 3.8) is 0 Å². The van der Waals surface area contributed by atoms with Gasteiger partial charge in [0.15, 0.2) is 0 Å². The van der Waals surface area contributed by atoms with Crippen molar-refractivity contribution in [1.82, 2.24) is 5.32 Å². The summed E-state index contributed by atoms with van der Waals surface area (Å²) >= 11 is 0. The highest BCUT2D eigenvalue weighted by atomic mass is 16.5. The van der Waals surface area contributed by atoms with Gasteiger partial charge in [-0.25, -0.2) is 4.79 Å². The maximum Gasteiger partial charge on any atom is 0.339 e. The molecule has 0 amide bonds. The van der Waals surface area contributed by atoms with Crippen LogP contribution in [0.2, 0.25) is 0 Å². The summed E-state index contributed by atoms with van der Waals surface area (Å²) in [6.45, 7) is 0.689. The summed E-state index contributed by atoms with van der Waals surface area (Å²) in [5, 5.41) is 14.7. The predicted octanol–water partition coefficient (Wildman–Crippen LogP) is 3.29. The topological polar surface area (TPSA) is 58.6 Å². The molecular formula is C23H25NO3. The van der Waals surface area contributed by atoms with Crippen molar-refractivity contribution in [2.45, 2.75) is 43.9 Å². The third-order valence-corrected chi connectivity index (χ3v) is 5.02. The molecule has 0 aliphatic heterocycles. The Kier molecular flexibility index (Phi) is 6.28. The van der Waals surface area contributed by atoms with Crippen LogP contribution in [0.4, 0.5) is 0 Å². The molecule has 140 valence electrons. The standard InChI is InChI=1S/C23H25NO3/c1-27-22(25)20-12-6-5-11-19(20)14-16-23(26)15-8-7-13-21(23)24-17-18-9-3-2-4-10-18/h2-6,9-12,21,24,26H,7-8,13,15,17H2,1H3/t21-,23+/m0/s1. The SMILES string of the molecule is COC(=O)c1ccccc1C#C[C@]1(O)CCCC[C@@H]1NCc1ccccc1. The van der Waals surface area contributed by atoms with Crippen LogP contribution in [0.15, 0.2) is 54.6 Å². The fourth-order valence-electron chi connectivity index (χ4n) is 3.47. The van der Waals surface area contributed by atoms with Crippen LogP contribution in [0, 0.1) is 11.8 Å². The Morgan fingerprint density at radius 2 is 1.93 bits per heavy atom. The fraction of sp³-hybridized carbons (Fsp3) is 0.348. The van der Waals surface area contributed by atoms with Gasteiger partial charge in [-0.2, -0.15) is 0 Å². The zero-order valence-electron chi connectivity index (χ0n) is 15.6. The second-order valence-corrected chi connectivity index (χ2v) is 6.88. The number of carbonyl (C=O) groups excluding carboxylic acids is 1. The number of esters is 1. The highest BCUT2D eigenvalue weighted by molar-refractivity contribution is 5.92. The van der Waals surface area contributed by atoms with E-state index in [2.05, 4.69) is 29.3 Å². The van der Waals surface area contributed by atoms with Gasteiger partial charge in [0.25, 0.3) is 0 Å². The molecule has 2 aromatic rings. The van der Waals surface area contributed by atoms with Crippen molar-refractivity contribution in [3.8, 4) is 11.8 Å². The van der Waals surface area contributed by atoms with Gasteiger partial charge in [0, 0.05) is 18.2 Å². The Bertz CT molecular complexity index is 837. The molecule has 1 aliphatic rings. The van der Waals surface area contributed by atoms with Crippen LogP contribution in [-0.4, -0.2) is 29.8 Å². The maximum absolute atomic E-state index is 11.9. The molecule has 0 spiro atoms. The minimum absolute atomic E-state index is 0.107. The van der Waals surface area contributed by atoms with Crippen molar-refractivity contribution >= 4 is 5.97 Å². The average molecular weight is 363 g/mol. The normalized spacial score (nSPS) is 21.8. The first-order valence-electron chi connectivity index (χ1n) is 9.32. The Labute approximate surface area is 160 Å². The summed E-state index contributed by atoms with van der Waals surface area (Å²) in [5.41, 5.74) is 1.05. The molecule has 0 aromatic heterocycles. The summed E-state index contributed by atoms with van der Waals surface area (Å²) in [6.07, 6.45) is 3.49. The maximum atomic E-state index is 11.9. The van der Waals surface area contributed by atoms with Crippen molar-refractivity contribution in [2.75, 3.05) is 7.11 Å². The smallest absolute Gasteiger partial charge is 0.339 e. The van der Waals surface area contributed by atoms with Gasteiger partial charge in [-0.3, -0.25) is 0 Å². The van der Waals surface area contributed by atoms with E-state index in [9.17, 15) is 9.90 Å². The Hall–Kier alpha value is -2.61.